The van der Waals surface area contributed by atoms with Crippen molar-refractivity contribution < 1.29 is 18.6 Å². The maximum Gasteiger partial charge on any atom is 0.295 e. The number of para-hydroxylation sites is 2. The lowest BCUT2D eigenvalue weighted by atomic mass is 10.0. The van der Waals surface area contributed by atoms with E-state index in [-0.39, 0.29) is 0 Å². The number of benzene rings is 2. The van der Waals surface area contributed by atoms with Crippen LogP contribution in [0.25, 0.3) is 11.1 Å². The van der Waals surface area contributed by atoms with Gasteiger partial charge in [-0.3, -0.25) is 4.90 Å². The third-order valence-corrected chi connectivity index (χ3v) is 5.34. The number of rotatable bonds is 7. The van der Waals surface area contributed by atoms with E-state index in [2.05, 4.69) is 15.2 Å². The summed E-state index contributed by atoms with van der Waals surface area (Å²) in [5, 5.41) is 3.45. The number of ether oxygens (including phenoxy) is 3. The van der Waals surface area contributed by atoms with Gasteiger partial charge in [-0.25, -0.2) is 0 Å². The van der Waals surface area contributed by atoms with Gasteiger partial charge in [0.2, 0.25) is 5.75 Å². The molecule has 0 atom stereocenters. The quantitative estimate of drug-likeness (QED) is 0.648. The van der Waals surface area contributed by atoms with E-state index in [1.165, 1.54) is 0 Å². The molecule has 1 aliphatic rings. The van der Waals surface area contributed by atoms with Gasteiger partial charge in [0.05, 0.1) is 21.3 Å². The second-order valence-electron chi connectivity index (χ2n) is 7.22. The Hall–Kier alpha value is -2.93. The highest BCUT2D eigenvalue weighted by Gasteiger charge is 2.22. The molecule has 0 saturated carbocycles. The number of anilines is 1. The number of nitrogens with zero attached hydrogens (tertiary/aromatic N) is 2. The molecule has 1 aliphatic heterocycles. The Labute approximate surface area is 170 Å². The highest BCUT2D eigenvalue weighted by Crippen LogP contribution is 2.38. The van der Waals surface area contributed by atoms with Gasteiger partial charge >= 0.3 is 0 Å². The molecule has 0 spiro atoms. The van der Waals surface area contributed by atoms with Gasteiger partial charge in [0.1, 0.15) is 5.52 Å². The molecular formula is C22H27N3O4. The molecule has 0 aliphatic carbocycles. The molecule has 154 valence electrons. The summed E-state index contributed by atoms with van der Waals surface area (Å²) in [4.78, 5) is 6.95. The lowest BCUT2D eigenvalue weighted by Gasteiger charge is -2.32. The predicted octanol–water partition coefficient (Wildman–Crippen LogP) is 3.93. The van der Waals surface area contributed by atoms with Gasteiger partial charge in [0.15, 0.2) is 17.1 Å². The zero-order chi connectivity index (χ0) is 20.2. The third kappa shape index (κ3) is 4.24. The van der Waals surface area contributed by atoms with E-state index in [9.17, 15) is 0 Å². The van der Waals surface area contributed by atoms with Crippen molar-refractivity contribution in [2.45, 2.75) is 25.4 Å². The number of methoxy groups -OCH3 is 3. The number of oxazole rings is 1. The fourth-order valence-corrected chi connectivity index (χ4v) is 3.83. The van der Waals surface area contributed by atoms with Crippen molar-refractivity contribution in [1.29, 1.82) is 0 Å². The molecule has 1 N–H and O–H groups in total. The summed E-state index contributed by atoms with van der Waals surface area (Å²) < 4.78 is 22.1. The van der Waals surface area contributed by atoms with Crippen LogP contribution < -0.4 is 19.5 Å². The van der Waals surface area contributed by atoms with Crippen molar-refractivity contribution in [2.24, 2.45) is 0 Å². The fraction of sp³-hybridized carbons (Fsp3) is 0.409. The van der Waals surface area contributed by atoms with E-state index in [1.54, 1.807) is 21.3 Å². The van der Waals surface area contributed by atoms with Gasteiger partial charge in [-0.05, 0) is 42.7 Å². The van der Waals surface area contributed by atoms with Crippen LogP contribution in [-0.2, 0) is 6.54 Å². The largest absolute Gasteiger partial charge is 0.493 e. The minimum Gasteiger partial charge on any atom is -0.493 e. The lowest BCUT2D eigenvalue weighted by Crippen LogP contribution is -2.38. The number of aromatic nitrogens is 1. The van der Waals surface area contributed by atoms with Crippen molar-refractivity contribution >= 4 is 17.1 Å². The minimum absolute atomic E-state index is 0.360. The van der Waals surface area contributed by atoms with Gasteiger partial charge in [-0.1, -0.05) is 12.1 Å². The van der Waals surface area contributed by atoms with E-state index >= 15 is 0 Å². The Bertz CT molecular complexity index is 906. The molecule has 3 aromatic rings. The minimum atomic E-state index is 0.360. The van der Waals surface area contributed by atoms with Gasteiger partial charge < -0.3 is 23.9 Å². The Kier molecular flexibility index (Phi) is 5.76. The van der Waals surface area contributed by atoms with Gasteiger partial charge in [-0.15, -0.1) is 0 Å². The highest BCUT2D eigenvalue weighted by atomic mass is 16.5. The van der Waals surface area contributed by atoms with Crippen molar-refractivity contribution in [1.82, 2.24) is 9.88 Å². The summed E-state index contributed by atoms with van der Waals surface area (Å²) in [5.74, 6) is 2.00. The first kappa shape index (κ1) is 19.4. The average Bonchev–Trinajstić information content (AvgIpc) is 3.16. The maximum atomic E-state index is 5.79. The average molecular weight is 397 g/mol. The van der Waals surface area contributed by atoms with Crippen LogP contribution in [0.15, 0.2) is 40.8 Å². The highest BCUT2D eigenvalue weighted by molar-refractivity contribution is 5.74. The molecule has 0 amide bonds. The number of piperidine rings is 1. The molecule has 29 heavy (non-hydrogen) atoms. The second kappa shape index (κ2) is 8.61. The molecule has 0 bridgehead atoms. The molecule has 7 nitrogen and oxygen atoms in total. The maximum absolute atomic E-state index is 5.79. The number of fused-ring (bicyclic) bond motifs is 1. The summed E-state index contributed by atoms with van der Waals surface area (Å²) in [6, 6.07) is 12.8. The molecule has 0 radical (unpaired) electrons. The van der Waals surface area contributed by atoms with E-state index in [1.807, 2.05) is 36.4 Å². The van der Waals surface area contributed by atoms with E-state index < -0.39 is 0 Å². The molecule has 0 unspecified atom stereocenters. The van der Waals surface area contributed by atoms with E-state index in [4.69, 9.17) is 18.6 Å². The molecule has 1 saturated heterocycles. The van der Waals surface area contributed by atoms with E-state index in [0.29, 0.717) is 29.3 Å². The topological polar surface area (TPSA) is 69.0 Å². The Balaban J connectivity index is 1.36. The van der Waals surface area contributed by atoms with E-state index in [0.717, 1.165) is 49.1 Å². The number of likely N-dealkylation sites (tertiary alicyclic amines) is 1. The Morgan fingerprint density at radius 2 is 1.72 bits per heavy atom. The number of hydrogen-bond acceptors (Lipinski definition) is 7. The first-order valence-electron chi connectivity index (χ1n) is 9.83. The molecule has 1 aromatic heterocycles. The SMILES string of the molecule is COc1cc(CN2CCC(Nc3nc4ccccc4o3)CC2)cc(OC)c1OC. The Morgan fingerprint density at radius 3 is 2.34 bits per heavy atom. The lowest BCUT2D eigenvalue weighted by molar-refractivity contribution is 0.209. The zero-order valence-electron chi connectivity index (χ0n) is 17.1. The molecule has 1 fully saturated rings. The molecule has 7 heteroatoms. The fourth-order valence-electron chi connectivity index (χ4n) is 3.83. The molecule has 4 rings (SSSR count). The van der Waals surface area contributed by atoms with Crippen LogP contribution in [0.3, 0.4) is 0 Å². The number of hydrogen-bond donors (Lipinski definition) is 1. The number of nitrogens with one attached hydrogen (secondary N) is 1. The van der Waals surface area contributed by atoms with Gasteiger partial charge in [-0.2, -0.15) is 4.98 Å². The summed E-state index contributed by atoms with van der Waals surface area (Å²) in [7, 11) is 4.91. The molecule has 2 heterocycles. The monoisotopic (exact) mass is 397 g/mol. The smallest absolute Gasteiger partial charge is 0.295 e. The molecule has 2 aromatic carbocycles. The van der Waals surface area contributed by atoms with Crippen molar-refractivity contribution in [3.63, 3.8) is 0 Å². The normalized spacial score (nSPS) is 15.4. The van der Waals surface area contributed by atoms with Gasteiger partial charge in [0, 0.05) is 25.7 Å². The van der Waals surface area contributed by atoms with Gasteiger partial charge in [0.25, 0.3) is 6.01 Å². The van der Waals surface area contributed by atoms with Crippen molar-refractivity contribution in [2.75, 3.05) is 39.7 Å². The summed E-state index contributed by atoms with van der Waals surface area (Å²) in [6.07, 6.45) is 2.06. The van der Waals surface area contributed by atoms with Crippen LogP contribution >= 0.6 is 0 Å². The standard InChI is InChI=1S/C22H27N3O4/c1-26-19-12-15(13-20(27-2)21(19)28-3)14-25-10-8-16(9-11-25)23-22-24-17-6-4-5-7-18(17)29-22/h4-7,12-13,16H,8-11,14H2,1-3H3,(H,23,24). The van der Waals surface area contributed by atoms with Crippen LogP contribution in [-0.4, -0.2) is 50.3 Å². The second-order valence-corrected chi connectivity index (χ2v) is 7.22. The summed E-state index contributed by atoms with van der Waals surface area (Å²) >= 11 is 0. The summed E-state index contributed by atoms with van der Waals surface area (Å²) in [6.45, 7) is 2.83. The van der Waals surface area contributed by atoms with Crippen LogP contribution in [0.1, 0.15) is 18.4 Å². The van der Waals surface area contributed by atoms with Crippen LogP contribution in [0.5, 0.6) is 17.2 Å². The third-order valence-electron chi connectivity index (χ3n) is 5.34. The Morgan fingerprint density at radius 1 is 1.03 bits per heavy atom. The predicted molar refractivity (Wildman–Crippen MR) is 112 cm³/mol. The van der Waals surface area contributed by atoms with Crippen LogP contribution in [0.4, 0.5) is 6.01 Å². The first-order chi connectivity index (χ1) is 14.2. The molecular weight excluding hydrogens is 370 g/mol. The van der Waals surface area contributed by atoms with Crippen molar-refractivity contribution in [3.05, 3.63) is 42.0 Å². The van der Waals surface area contributed by atoms with Crippen molar-refractivity contribution in [3.8, 4) is 17.2 Å². The van der Waals surface area contributed by atoms with Crippen LogP contribution in [0, 0.1) is 0 Å². The van der Waals surface area contributed by atoms with Crippen LogP contribution in [0.2, 0.25) is 0 Å². The zero-order valence-corrected chi connectivity index (χ0v) is 17.1. The first-order valence-corrected chi connectivity index (χ1v) is 9.83. The summed E-state index contributed by atoms with van der Waals surface area (Å²) in [5.41, 5.74) is 2.84.